The number of hydrogen-bond acceptors (Lipinski definition) is 3. The lowest BCUT2D eigenvalue weighted by atomic mass is 10.1. The van der Waals surface area contributed by atoms with Crippen LogP contribution in [-0.2, 0) is 30.5 Å². The second-order valence-electron chi connectivity index (χ2n) is 7.28. The number of nitrogens with one attached hydrogen (secondary N) is 1. The maximum Gasteiger partial charge on any atom is 0.307 e. The Morgan fingerprint density at radius 1 is 1.03 bits per heavy atom. The van der Waals surface area contributed by atoms with E-state index < -0.39 is 5.97 Å². The van der Waals surface area contributed by atoms with Crippen molar-refractivity contribution in [1.82, 2.24) is 9.78 Å². The molecule has 148 valence electrons. The zero-order valence-corrected chi connectivity index (χ0v) is 16.3. The van der Waals surface area contributed by atoms with Gasteiger partial charge < -0.3 is 10.4 Å². The summed E-state index contributed by atoms with van der Waals surface area (Å²) in [4.78, 5) is 23.7. The number of aliphatic carboxylic acids is 1. The molecule has 1 heterocycles. The van der Waals surface area contributed by atoms with Crippen LogP contribution >= 0.6 is 0 Å². The van der Waals surface area contributed by atoms with Crippen LogP contribution in [0.3, 0.4) is 0 Å². The predicted molar refractivity (Wildman–Crippen MR) is 111 cm³/mol. The smallest absolute Gasteiger partial charge is 0.307 e. The standard InChI is InChI=1S/C23H23N3O3/c1-2-15-8-12-18(13-9-15)26-20-5-3-4-19(20)22(25-26)23(29)24-17-10-6-16(7-11-17)14-21(27)28/h6-13H,2-5,14H2,1H3,(H,24,29)(H,27,28). The molecule has 2 N–H and O–H groups in total. The highest BCUT2D eigenvalue weighted by Gasteiger charge is 2.27. The minimum absolute atomic E-state index is 0.0387. The Hall–Kier alpha value is -3.41. The molecule has 6 nitrogen and oxygen atoms in total. The van der Waals surface area contributed by atoms with E-state index in [1.54, 1.807) is 24.3 Å². The maximum absolute atomic E-state index is 12.9. The number of carbonyl (C=O) groups excluding carboxylic acids is 1. The van der Waals surface area contributed by atoms with E-state index in [-0.39, 0.29) is 12.3 Å². The van der Waals surface area contributed by atoms with E-state index in [0.29, 0.717) is 16.9 Å². The monoisotopic (exact) mass is 389 g/mol. The van der Waals surface area contributed by atoms with Crippen molar-refractivity contribution in [2.45, 2.75) is 39.0 Å². The van der Waals surface area contributed by atoms with Crippen molar-refractivity contribution in [2.75, 3.05) is 5.32 Å². The fraction of sp³-hybridized carbons (Fsp3) is 0.261. The van der Waals surface area contributed by atoms with Crippen molar-refractivity contribution in [3.8, 4) is 5.69 Å². The molecule has 3 aromatic rings. The molecule has 6 heteroatoms. The largest absolute Gasteiger partial charge is 0.481 e. The Balaban J connectivity index is 1.58. The van der Waals surface area contributed by atoms with Crippen molar-refractivity contribution >= 4 is 17.6 Å². The molecule has 0 radical (unpaired) electrons. The SMILES string of the molecule is CCc1ccc(-n2nc(C(=O)Nc3ccc(CC(=O)O)cc3)c3c2CCC3)cc1. The zero-order valence-electron chi connectivity index (χ0n) is 16.3. The van der Waals surface area contributed by atoms with Gasteiger partial charge in [0.2, 0.25) is 0 Å². The molecule has 0 aliphatic heterocycles. The van der Waals surface area contributed by atoms with Crippen LogP contribution in [-0.4, -0.2) is 26.8 Å². The number of carboxylic acid groups (broad SMARTS) is 1. The predicted octanol–water partition coefficient (Wildman–Crippen LogP) is 3.80. The number of aryl methyl sites for hydroxylation is 1. The van der Waals surface area contributed by atoms with Crippen LogP contribution in [0.15, 0.2) is 48.5 Å². The number of carboxylic acids is 1. The van der Waals surface area contributed by atoms with Gasteiger partial charge in [0.05, 0.1) is 12.1 Å². The van der Waals surface area contributed by atoms with E-state index in [4.69, 9.17) is 5.11 Å². The Morgan fingerprint density at radius 3 is 2.38 bits per heavy atom. The maximum atomic E-state index is 12.9. The molecule has 0 fully saturated rings. The first kappa shape index (κ1) is 18.9. The number of carbonyl (C=O) groups is 2. The molecule has 0 spiro atoms. The van der Waals surface area contributed by atoms with Gasteiger partial charge in [-0.05, 0) is 61.1 Å². The van der Waals surface area contributed by atoms with Crippen molar-refractivity contribution < 1.29 is 14.7 Å². The molecule has 4 rings (SSSR count). The van der Waals surface area contributed by atoms with E-state index in [9.17, 15) is 9.59 Å². The molecule has 0 unspecified atom stereocenters. The highest BCUT2D eigenvalue weighted by Crippen LogP contribution is 2.28. The molecule has 1 aliphatic carbocycles. The summed E-state index contributed by atoms with van der Waals surface area (Å²) in [5, 5.41) is 16.4. The van der Waals surface area contributed by atoms with Gasteiger partial charge in [-0.2, -0.15) is 5.10 Å². The van der Waals surface area contributed by atoms with Gasteiger partial charge in [0.1, 0.15) is 0 Å². The molecule has 29 heavy (non-hydrogen) atoms. The lowest BCUT2D eigenvalue weighted by molar-refractivity contribution is -0.136. The van der Waals surface area contributed by atoms with Gasteiger partial charge in [0.15, 0.2) is 5.69 Å². The van der Waals surface area contributed by atoms with E-state index in [2.05, 4.69) is 29.5 Å². The molecular formula is C23H23N3O3. The van der Waals surface area contributed by atoms with Crippen molar-refractivity contribution in [1.29, 1.82) is 0 Å². The Bertz CT molecular complexity index is 1050. The minimum Gasteiger partial charge on any atom is -0.481 e. The van der Waals surface area contributed by atoms with Gasteiger partial charge in [0.25, 0.3) is 5.91 Å². The summed E-state index contributed by atoms with van der Waals surface area (Å²) in [5.41, 5.74) is 6.14. The van der Waals surface area contributed by atoms with Gasteiger partial charge >= 0.3 is 5.97 Å². The summed E-state index contributed by atoms with van der Waals surface area (Å²) in [5.74, 6) is -1.12. The van der Waals surface area contributed by atoms with E-state index in [1.165, 1.54) is 5.56 Å². The second kappa shape index (κ2) is 7.91. The van der Waals surface area contributed by atoms with Crippen LogP contribution in [0.25, 0.3) is 5.69 Å². The molecule has 1 aliphatic rings. The highest BCUT2D eigenvalue weighted by atomic mass is 16.4. The van der Waals surface area contributed by atoms with Crippen molar-refractivity contribution in [2.24, 2.45) is 0 Å². The first-order chi connectivity index (χ1) is 14.0. The number of fused-ring (bicyclic) bond motifs is 1. The molecule has 2 aromatic carbocycles. The molecule has 1 aromatic heterocycles. The summed E-state index contributed by atoms with van der Waals surface area (Å²) in [7, 11) is 0. The van der Waals surface area contributed by atoms with Crippen LogP contribution < -0.4 is 5.32 Å². The number of nitrogens with zero attached hydrogens (tertiary/aromatic N) is 2. The van der Waals surface area contributed by atoms with Crippen LogP contribution in [0.4, 0.5) is 5.69 Å². The highest BCUT2D eigenvalue weighted by molar-refractivity contribution is 6.04. The third-order valence-electron chi connectivity index (χ3n) is 5.30. The van der Waals surface area contributed by atoms with Gasteiger partial charge in [-0.3, -0.25) is 9.59 Å². The number of hydrogen-bond donors (Lipinski definition) is 2. The molecular weight excluding hydrogens is 366 g/mol. The third kappa shape index (κ3) is 3.92. The van der Waals surface area contributed by atoms with Gasteiger partial charge in [-0.1, -0.05) is 31.2 Å². The first-order valence-electron chi connectivity index (χ1n) is 9.87. The van der Waals surface area contributed by atoms with Crippen LogP contribution in [0.5, 0.6) is 0 Å². The van der Waals surface area contributed by atoms with Gasteiger partial charge in [-0.15, -0.1) is 0 Å². The fourth-order valence-corrected chi connectivity index (χ4v) is 3.78. The Morgan fingerprint density at radius 2 is 1.72 bits per heavy atom. The van der Waals surface area contributed by atoms with Crippen LogP contribution in [0, 0.1) is 0 Å². The van der Waals surface area contributed by atoms with E-state index >= 15 is 0 Å². The summed E-state index contributed by atoms with van der Waals surface area (Å²) in [6.45, 7) is 2.12. The average molecular weight is 389 g/mol. The summed E-state index contributed by atoms with van der Waals surface area (Å²) < 4.78 is 1.90. The van der Waals surface area contributed by atoms with E-state index in [1.807, 2.05) is 16.8 Å². The zero-order chi connectivity index (χ0) is 20.4. The molecule has 0 atom stereocenters. The number of aromatic nitrogens is 2. The molecule has 1 amide bonds. The quantitative estimate of drug-likeness (QED) is 0.672. The van der Waals surface area contributed by atoms with E-state index in [0.717, 1.165) is 42.6 Å². The summed E-state index contributed by atoms with van der Waals surface area (Å²) >= 11 is 0. The summed E-state index contributed by atoms with van der Waals surface area (Å²) in [6, 6.07) is 15.1. The van der Waals surface area contributed by atoms with Crippen molar-refractivity contribution in [3.63, 3.8) is 0 Å². The Labute approximate surface area is 169 Å². The fourth-order valence-electron chi connectivity index (χ4n) is 3.78. The van der Waals surface area contributed by atoms with Crippen LogP contribution in [0.2, 0.25) is 0 Å². The topological polar surface area (TPSA) is 84.2 Å². The minimum atomic E-state index is -0.880. The lowest BCUT2D eigenvalue weighted by Gasteiger charge is -2.07. The van der Waals surface area contributed by atoms with Crippen molar-refractivity contribution in [3.05, 3.63) is 76.6 Å². The number of benzene rings is 2. The first-order valence-corrected chi connectivity index (χ1v) is 9.87. The summed E-state index contributed by atoms with van der Waals surface area (Å²) in [6.07, 6.45) is 3.72. The lowest BCUT2D eigenvalue weighted by Crippen LogP contribution is -2.15. The third-order valence-corrected chi connectivity index (χ3v) is 5.30. The average Bonchev–Trinajstić information content (AvgIpc) is 3.32. The van der Waals surface area contributed by atoms with Gasteiger partial charge in [0, 0.05) is 16.9 Å². The number of rotatable bonds is 6. The van der Waals surface area contributed by atoms with Crippen LogP contribution in [0.1, 0.15) is 46.2 Å². The molecule has 0 saturated heterocycles. The number of amides is 1. The molecule has 0 saturated carbocycles. The Kier molecular flexibility index (Phi) is 5.16. The van der Waals surface area contributed by atoms with Gasteiger partial charge in [-0.25, -0.2) is 4.68 Å². The second-order valence-corrected chi connectivity index (χ2v) is 7.28. The molecule has 0 bridgehead atoms. The number of anilines is 1. The normalized spacial score (nSPS) is 12.6.